The van der Waals surface area contributed by atoms with Crippen molar-refractivity contribution >= 4 is 22.6 Å². The summed E-state index contributed by atoms with van der Waals surface area (Å²) in [7, 11) is 0. The number of hydrogen-bond donors (Lipinski definition) is 3. The first kappa shape index (κ1) is 34.2. The van der Waals surface area contributed by atoms with Crippen LogP contribution in [-0.4, -0.2) is 72.5 Å². The molecule has 4 N–H and O–H groups in total. The van der Waals surface area contributed by atoms with Crippen LogP contribution in [0.5, 0.6) is 5.75 Å². The second kappa shape index (κ2) is 16.1. The first-order valence-corrected chi connectivity index (χ1v) is 15.4. The lowest BCUT2D eigenvalue weighted by Gasteiger charge is -2.09. The van der Waals surface area contributed by atoms with Gasteiger partial charge in [0, 0.05) is 17.1 Å². The molecule has 2 heterocycles. The molecule has 0 spiro atoms. The Bertz CT molecular complexity index is 1790. The minimum atomic E-state index is -4.48. The summed E-state index contributed by atoms with van der Waals surface area (Å²) in [6.45, 7) is 3.66. The molecule has 0 bridgehead atoms. The van der Waals surface area contributed by atoms with Gasteiger partial charge < -0.3 is 29.7 Å². The summed E-state index contributed by atoms with van der Waals surface area (Å²) in [5.74, 6) is 0.905. The molecule has 3 aromatic carbocycles. The Balaban J connectivity index is 1.22. The highest BCUT2D eigenvalue weighted by Gasteiger charge is 2.30. The Morgan fingerprint density at radius 3 is 2.15 bits per heavy atom. The molecule has 47 heavy (non-hydrogen) atoms. The summed E-state index contributed by atoms with van der Waals surface area (Å²) >= 11 is 6.11. The second-order valence-electron chi connectivity index (χ2n) is 10.5. The van der Waals surface area contributed by atoms with Gasteiger partial charge in [0.25, 0.3) is 5.56 Å². The van der Waals surface area contributed by atoms with E-state index in [-0.39, 0.29) is 11.5 Å². The highest BCUT2D eigenvalue weighted by atomic mass is 35.5. The number of halogens is 4. The number of alkyl halides is 3. The molecular formula is C33H35ClF3N5O5. The van der Waals surface area contributed by atoms with E-state index in [1.54, 1.807) is 18.2 Å². The van der Waals surface area contributed by atoms with E-state index < -0.39 is 11.7 Å². The number of benzene rings is 3. The molecule has 0 aliphatic carbocycles. The molecule has 0 atom stereocenters. The van der Waals surface area contributed by atoms with Crippen molar-refractivity contribution in [1.82, 2.24) is 19.7 Å². The van der Waals surface area contributed by atoms with E-state index in [9.17, 15) is 18.0 Å². The molecule has 0 saturated carbocycles. The molecule has 2 aromatic heterocycles. The lowest BCUT2D eigenvalue weighted by molar-refractivity contribution is -0.137. The Labute approximate surface area is 273 Å². The van der Waals surface area contributed by atoms with Crippen LogP contribution in [0.2, 0.25) is 5.02 Å². The molecule has 0 fully saturated rings. The van der Waals surface area contributed by atoms with Crippen molar-refractivity contribution in [2.45, 2.75) is 19.0 Å². The van der Waals surface area contributed by atoms with Gasteiger partial charge in [-0.1, -0.05) is 35.9 Å². The lowest BCUT2D eigenvalue weighted by Crippen LogP contribution is -2.18. The largest absolute Gasteiger partial charge is 0.491 e. The average Bonchev–Trinajstić information content (AvgIpc) is 3.62. The summed E-state index contributed by atoms with van der Waals surface area (Å²) < 4.78 is 62.9. The molecule has 0 unspecified atom stereocenters. The topological polar surface area (TPSA) is 129 Å². The summed E-state index contributed by atoms with van der Waals surface area (Å²) in [5, 5.41) is 3.57. The maximum absolute atomic E-state index is 13.7. The molecule has 0 aliphatic rings. The van der Waals surface area contributed by atoms with Gasteiger partial charge in [0.05, 0.1) is 61.9 Å². The molecule has 0 amide bonds. The van der Waals surface area contributed by atoms with Crippen LogP contribution in [0, 0.1) is 0 Å². The smallest absolute Gasteiger partial charge is 0.416 e. The summed E-state index contributed by atoms with van der Waals surface area (Å²) in [6, 6.07) is 17.3. The third-order valence-electron chi connectivity index (χ3n) is 7.22. The van der Waals surface area contributed by atoms with E-state index in [1.165, 1.54) is 16.8 Å². The zero-order valence-electron chi connectivity index (χ0n) is 25.4. The van der Waals surface area contributed by atoms with Crippen LogP contribution in [-0.2, 0) is 33.2 Å². The van der Waals surface area contributed by atoms with Crippen molar-refractivity contribution in [2.75, 3.05) is 52.8 Å². The first-order valence-electron chi connectivity index (χ1n) is 15.0. The molecule has 10 nitrogen and oxygen atoms in total. The van der Waals surface area contributed by atoms with E-state index in [0.717, 1.165) is 17.7 Å². The van der Waals surface area contributed by atoms with Crippen LogP contribution in [0.1, 0.15) is 16.7 Å². The van der Waals surface area contributed by atoms with Crippen molar-refractivity contribution in [2.24, 2.45) is 5.73 Å². The maximum atomic E-state index is 13.7. The fraction of sp³-hybridized carbons (Fsp3) is 0.333. The number of fused-ring (bicyclic) bond motifs is 1. The number of aromatic amines is 2. The first-order chi connectivity index (χ1) is 22.7. The normalized spacial score (nSPS) is 11.9. The number of aromatic nitrogens is 4. The van der Waals surface area contributed by atoms with Crippen LogP contribution in [0.4, 0.5) is 13.2 Å². The molecule has 14 heteroatoms. The standard InChI is InChI=1S/C33H35ClF3N5O5/c34-25-8-12-28-29(21-25)40-32(39-28)42-31(43)27(30(41-42)23-4-6-24(7-5-23)33(35,36)37)11-3-22-1-9-26(10-2-22)47-20-19-46-18-17-45-16-15-44-14-13-38/h1-2,4-10,12,21,41H,3,11,13-20,38H2,(H,39,40). The van der Waals surface area contributed by atoms with Gasteiger partial charge in [0.1, 0.15) is 12.4 Å². The number of ether oxygens (including phenoxy) is 4. The van der Waals surface area contributed by atoms with Crippen LogP contribution < -0.4 is 16.0 Å². The number of nitrogens with zero attached hydrogens (tertiary/aromatic N) is 2. The van der Waals surface area contributed by atoms with Gasteiger partial charge in [-0.2, -0.15) is 17.9 Å². The van der Waals surface area contributed by atoms with Gasteiger partial charge in [-0.3, -0.25) is 9.89 Å². The predicted octanol–water partition coefficient (Wildman–Crippen LogP) is 5.55. The number of imidazole rings is 1. The maximum Gasteiger partial charge on any atom is 0.416 e. The van der Waals surface area contributed by atoms with Crippen molar-refractivity contribution in [1.29, 1.82) is 0 Å². The average molecular weight is 674 g/mol. The van der Waals surface area contributed by atoms with E-state index in [0.29, 0.717) is 104 Å². The van der Waals surface area contributed by atoms with Gasteiger partial charge in [0.15, 0.2) is 0 Å². The molecule has 5 rings (SSSR count). The molecule has 5 aromatic rings. The lowest BCUT2D eigenvalue weighted by atomic mass is 10.0. The Kier molecular flexibility index (Phi) is 11.7. The third-order valence-corrected chi connectivity index (χ3v) is 7.46. The summed E-state index contributed by atoms with van der Waals surface area (Å²) in [4.78, 5) is 21.3. The van der Waals surface area contributed by atoms with Gasteiger partial charge in [-0.25, -0.2) is 4.98 Å². The molecular weight excluding hydrogens is 639 g/mol. The van der Waals surface area contributed by atoms with Crippen LogP contribution >= 0.6 is 11.6 Å². The number of nitrogens with two attached hydrogens (primary N) is 1. The van der Waals surface area contributed by atoms with E-state index in [4.69, 9.17) is 36.3 Å². The third kappa shape index (κ3) is 9.24. The molecule has 0 aliphatic heterocycles. The van der Waals surface area contributed by atoms with Gasteiger partial charge in [-0.05, 0) is 66.4 Å². The van der Waals surface area contributed by atoms with Gasteiger partial charge >= 0.3 is 6.18 Å². The van der Waals surface area contributed by atoms with Crippen LogP contribution in [0.15, 0.2) is 71.5 Å². The number of H-pyrrole nitrogens is 2. The van der Waals surface area contributed by atoms with Gasteiger partial charge in [0.2, 0.25) is 5.95 Å². The van der Waals surface area contributed by atoms with Crippen LogP contribution in [0.3, 0.4) is 0 Å². The van der Waals surface area contributed by atoms with E-state index in [2.05, 4.69) is 15.1 Å². The summed E-state index contributed by atoms with van der Waals surface area (Å²) in [6.07, 6.45) is -3.66. The van der Waals surface area contributed by atoms with Crippen molar-refractivity contribution in [3.05, 3.63) is 98.8 Å². The number of hydrogen-bond acceptors (Lipinski definition) is 7. The van der Waals surface area contributed by atoms with Gasteiger partial charge in [-0.15, -0.1) is 0 Å². The highest BCUT2D eigenvalue weighted by molar-refractivity contribution is 6.31. The van der Waals surface area contributed by atoms with E-state index in [1.807, 2.05) is 24.3 Å². The monoisotopic (exact) mass is 673 g/mol. The van der Waals surface area contributed by atoms with Crippen molar-refractivity contribution < 1.29 is 32.1 Å². The molecule has 250 valence electrons. The fourth-order valence-corrected chi connectivity index (χ4v) is 5.03. The Morgan fingerprint density at radius 2 is 1.49 bits per heavy atom. The van der Waals surface area contributed by atoms with E-state index >= 15 is 0 Å². The number of nitrogens with one attached hydrogen (secondary N) is 2. The van der Waals surface area contributed by atoms with Crippen molar-refractivity contribution in [3.8, 4) is 23.0 Å². The second-order valence-corrected chi connectivity index (χ2v) is 11.0. The summed E-state index contributed by atoms with van der Waals surface area (Å²) in [5.41, 5.74) is 7.66. The van der Waals surface area contributed by atoms with Crippen LogP contribution in [0.25, 0.3) is 28.2 Å². The molecule has 0 saturated heterocycles. The highest BCUT2D eigenvalue weighted by Crippen LogP contribution is 2.31. The molecule has 0 radical (unpaired) electrons. The number of aryl methyl sites for hydroxylation is 1. The quantitative estimate of drug-likeness (QED) is 0.110. The Morgan fingerprint density at radius 1 is 0.830 bits per heavy atom. The zero-order chi connectivity index (χ0) is 33.2. The SMILES string of the molecule is NCCOCCOCCOCCOc1ccc(CCc2c(-c3ccc(C(F)(F)F)cc3)[nH]n(-c3nc4ccc(Cl)cc4[nH]3)c2=O)cc1. The fourth-order valence-electron chi connectivity index (χ4n) is 4.86. The minimum Gasteiger partial charge on any atom is -0.491 e. The minimum absolute atomic E-state index is 0.234. The predicted molar refractivity (Wildman–Crippen MR) is 172 cm³/mol. The Hall–Kier alpha value is -4.14. The zero-order valence-corrected chi connectivity index (χ0v) is 26.2. The number of rotatable bonds is 17. The van der Waals surface area contributed by atoms with Crippen molar-refractivity contribution in [3.63, 3.8) is 0 Å².